The molecule has 0 spiro atoms. The second-order valence-electron chi connectivity index (χ2n) is 4.76. The van der Waals surface area contributed by atoms with Crippen LogP contribution in [0.15, 0.2) is 30.7 Å². The van der Waals surface area contributed by atoms with E-state index in [4.69, 9.17) is 0 Å². The summed E-state index contributed by atoms with van der Waals surface area (Å²) in [5, 5.41) is 0. The lowest BCUT2D eigenvalue weighted by atomic mass is 10.3. The average molecular weight is 310 g/mol. The molecule has 0 atom stereocenters. The predicted molar refractivity (Wildman–Crippen MR) is 73.5 cm³/mol. The minimum absolute atomic E-state index is 0.288. The molecule has 1 fully saturated rings. The maximum Gasteiger partial charge on any atom is 0.451 e. The van der Waals surface area contributed by atoms with Gasteiger partial charge in [-0.1, -0.05) is 0 Å². The third-order valence-corrected chi connectivity index (χ3v) is 3.33. The molecular weight excluding hydrogens is 297 g/mol. The minimum Gasteiger partial charge on any atom is -0.353 e. The summed E-state index contributed by atoms with van der Waals surface area (Å²) in [5.41, 5.74) is 0. The van der Waals surface area contributed by atoms with E-state index in [0.717, 1.165) is 6.20 Å². The number of piperazine rings is 1. The molecule has 0 N–H and O–H groups in total. The fourth-order valence-electron chi connectivity index (χ4n) is 2.25. The van der Waals surface area contributed by atoms with Crippen LogP contribution < -0.4 is 9.80 Å². The van der Waals surface area contributed by atoms with Crippen molar-refractivity contribution in [1.82, 2.24) is 19.9 Å². The topological polar surface area (TPSA) is 58.0 Å². The van der Waals surface area contributed by atoms with Crippen LogP contribution in [0.2, 0.25) is 0 Å². The number of anilines is 2. The summed E-state index contributed by atoms with van der Waals surface area (Å²) < 4.78 is 38.0. The Labute approximate surface area is 124 Å². The van der Waals surface area contributed by atoms with Gasteiger partial charge in [-0.2, -0.15) is 13.2 Å². The van der Waals surface area contributed by atoms with E-state index in [1.807, 2.05) is 4.90 Å². The van der Waals surface area contributed by atoms with Gasteiger partial charge in [0.05, 0.1) is 0 Å². The van der Waals surface area contributed by atoms with E-state index >= 15 is 0 Å². The fraction of sp³-hybridized carbons (Fsp3) is 0.385. The Morgan fingerprint density at radius 1 is 0.864 bits per heavy atom. The van der Waals surface area contributed by atoms with E-state index in [0.29, 0.717) is 32.1 Å². The summed E-state index contributed by atoms with van der Waals surface area (Å²) >= 11 is 0. The predicted octanol–water partition coefficient (Wildman–Crippen LogP) is 1.61. The van der Waals surface area contributed by atoms with E-state index in [9.17, 15) is 13.2 Å². The maximum atomic E-state index is 12.7. The standard InChI is InChI=1S/C13H13F3N6/c14-13(15,16)11-17-5-2-10(20-11)21-6-8-22(9-7-21)12-18-3-1-4-19-12/h1-5H,6-9H2. The average Bonchev–Trinajstić information content (AvgIpc) is 2.55. The van der Waals surface area contributed by atoms with E-state index < -0.39 is 12.0 Å². The highest BCUT2D eigenvalue weighted by Crippen LogP contribution is 2.27. The lowest BCUT2D eigenvalue weighted by Gasteiger charge is -2.35. The molecule has 0 bridgehead atoms. The summed E-state index contributed by atoms with van der Waals surface area (Å²) in [7, 11) is 0. The minimum atomic E-state index is -4.53. The molecule has 3 heterocycles. The van der Waals surface area contributed by atoms with Crippen LogP contribution in [0, 0.1) is 0 Å². The Bertz CT molecular complexity index is 625. The van der Waals surface area contributed by atoms with Gasteiger partial charge >= 0.3 is 6.18 Å². The van der Waals surface area contributed by atoms with Crippen LogP contribution in [0.3, 0.4) is 0 Å². The molecule has 1 saturated heterocycles. The van der Waals surface area contributed by atoms with Crippen LogP contribution in [0.4, 0.5) is 24.9 Å². The molecule has 2 aromatic rings. The Kier molecular flexibility index (Phi) is 3.78. The van der Waals surface area contributed by atoms with Crippen molar-refractivity contribution in [3.63, 3.8) is 0 Å². The molecule has 116 valence electrons. The van der Waals surface area contributed by atoms with Gasteiger partial charge < -0.3 is 9.80 Å². The van der Waals surface area contributed by atoms with Crippen LogP contribution in [0.25, 0.3) is 0 Å². The number of hydrogen-bond donors (Lipinski definition) is 0. The van der Waals surface area contributed by atoms with Crippen molar-refractivity contribution in [2.45, 2.75) is 6.18 Å². The number of alkyl halides is 3. The first kappa shape index (κ1) is 14.5. The van der Waals surface area contributed by atoms with Crippen molar-refractivity contribution in [3.8, 4) is 0 Å². The summed E-state index contributed by atoms with van der Waals surface area (Å²) in [6.07, 6.45) is -0.0724. The zero-order chi connectivity index (χ0) is 15.6. The summed E-state index contributed by atoms with van der Waals surface area (Å²) in [4.78, 5) is 19.0. The largest absolute Gasteiger partial charge is 0.451 e. The monoisotopic (exact) mass is 310 g/mol. The number of aromatic nitrogens is 4. The van der Waals surface area contributed by atoms with E-state index in [-0.39, 0.29) is 5.82 Å². The second kappa shape index (κ2) is 5.74. The summed E-state index contributed by atoms with van der Waals surface area (Å²) in [6.45, 7) is 2.34. The number of nitrogens with zero attached hydrogens (tertiary/aromatic N) is 6. The third kappa shape index (κ3) is 3.07. The fourth-order valence-corrected chi connectivity index (χ4v) is 2.25. The summed E-state index contributed by atoms with van der Waals surface area (Å²) in [5.74, 6) is -0.199. The van der Waals surface area contributed by atoms with Gasteiger partial charge in [-0.25, -0.2) is 19.9 Å². The molecule has 0 saturated carbocycles. The van der Waals surface area contributed by atoms with Gasteiger partial charge in [-0.15, -0.1) is 0 Å². The lowest BCUT2D eigenvalue weighted by molar-refractivity contribution is -0.144. The van der Waals surface area contributed by atoms with Crippen molar-refractivity contribution in [2.75, 3.05) is 36.0 Å². The quantitative estimate of drug-likeness (QED) is 0.840. The zero-order valence-corrected chi connectivity index (χ0v) is 11.5. The second-order valence-corrected chi connectivity index (χ2v) is 4.76. The van der Waals surface area contributed by atoms with Crippen molar-refractivity contribution < 1.29 is 13.2 Å². The smallest absolute Gasteiger partial charge is 0.353 e. The van der Waals surface area contributed by atoms with Gasteiger partial charge in [-0.3, -0.25) is 0 Å². The van der Waals surface area contributed by atoms with Gasteiger partial charge in [-0.05, 0) is 12.1 Å². The molecule has 0 amide bonds. The van der Waals surface area contributed by atoms with Crippen LogP contribution >= 0.6 is 0 Å². The van der Waals surface area contributed by atoms with Gasteiger partial charge in [0, 0.05) is 44.8 Å². The summed E-state index contributed by atoms with van der Waals surface area (Å²) in [6, 6.07) is 3.23. The SMILES string of the molecule is FC(F)(F)c1nccc(N2CCN(c3ncccn3)CC2)n1. The van der Waals surface area contributed by atoms with E-state index in [1.54, 1.807) is 23.4 Å². The van der Waals surface area contributed by atoms with Gasteiger partial charge in [0.25, 0.3) is 0 Å². The van der Waals surface area contributed by atoms with Crippen LogP contribution in [-0.4, -0.2) is 46.1 Å². The Balaban J connectivity index is 1.69. The van der Waals surface area contributed by atoms with Crippen LogP contribution in [-0.2, 0) is 6.18 Å². The highest BCUT2D eigenvalue weighted by atomic mass is 19.4. The molecule has 22 heavy (non-hydrogen) atoms. The van der Waals surface area contributed by atoms with Crippen molar-refractivity contribution in [3.05, 3.63) is 36.5 Å². The first-order valence-corrected chi connectivity index (χ1v) is 6.71. The van der Waals surface area contributed by atoms with Crippen LogP contribution in [0.1, 0.15) is 5.82 Å². The van der Waals surface area contributed by atoms with Crippen molar-refractivity contribution in [2.24, 2.45) is 0 Å². The molecule has 0 unspecified atom stereocenters. The maximum absolute atomic E-state index is 12.7. The van der Waals surface area contributed by atoms with Gasteiger partial charge in [0.1, 0.15) is 5.82 Å². The number of rotatable bonds is 2. The first-order valence-electron chi connectivity index (χ1n) is 6.71. The van der Waals surface area contributed by atoms with Gasteiger partial charge in [0.15, 0.2) is 0 Å². The van der Waals surface area contributed by atoms with Gasteiger partial charge in [0.2, 0.25) is 11.8 Å². The van der Waals surface area contributed by atoms with Crippen LogP contribution in [0.5, 0.6) is 0 Å². The normalized spacial score (nSPS) is 16.0. The lowest BCUT2D eigenvalue weighted by Crippen LogP contribution is -2.47. The molecule has 6 nitrogen and oxygen atoms in total. The molecule has 0 radical (unpaired) electrons. The highest BCUT2D eigenvalue weighted by molar-refractivity contribution is 5.41. The molecule has 3 rings (SSSR count). The zero-order valence-electron chi connectivity index (χ0n) is 11.5. The first-order chi connectivity index (χ1) is 10.5. The van der Waals surface area contributed by atoms with Crippen molar-refractivity contribution in [1.29, 1.82) is 0 Å². The number of hydrogen-bond acceptors (Lipinski definition) is 6. The molecule has 0 aliphatic carbocycles. The molecule has 0 aromatic carbocycles. The Morgan fingerprint density at radius 2 is 1.50 bits per heavy atom. The molecule has 1 aliphatic heterocycles. The molecule has 1 aliphatic rings. The Hall–Kier alpha value is -2.45. The van der Waals surface area contributed by atoms with E-state index in [2.05, 4.69) is 19.9 Å². The Morgan fingerprint density at radius 3 is 2.14 bits per heavy atom. The third-order valence-electron chi connectivity index (χ3n) is 3.33. The number of halogens is 3. The molecular formula is C13H13F3N6. The highest BCUT2D eigenvalue weighted by Gasteiger charge is 2.35. The molecule has 9 heteroatoms. The van der Waals surface area contributed by atoms with Crippen molar-refractivity contribution >= 4 is 11.8 Å². The molecule has 2 aromatic heterocycles. The van der Waals surface area contributed by atoms with E-state index in [1.165, 1.54) is 6.07 Å².